The number of nitrogens with zero attached hydrogens (tertiary/aromatic N) is 2. The van der Waals surface area contributed by atoms with Crippen LogP contribution < -0.4 is 0 Å². The maximum Gasteiger partial charge on any atom is 0.428 e. The molecule has 0 unspecified atom stereocenters. The van der Waals surface area contributed by atoms with E-state index in [4.69, 9.17) is 10.2 Å². The van der Waals surface area contributed by atoms with E-state index in [9.17, 15) is 9.59 Å². The Hall–Kier alpha value is -2.37. The van der Waals surface area contributed by atoms with E-state index in [0.717, 1.165) is 10.6 Å². The van der Waals surface area contributed by atoms with Crippen LogP contribution in [0.15, 0.2) is 23.3 Å². The molecule has 0 spiro atoms. The zero-order valence-electron chi connectivity index (χ0n) is 8.12. The lowest BCUT2D eigenvalue weighted by Gasteiger charge is -2.19. The van der Waals surface area contributed by atoms with Crippen molar-refractivity contribution in [2.75, 3.05) is 0 Å². The van der Waals surface area contributed by atoms with Gasteiger partial charge in [0.2, 0.25) is 0 Å². The molecule has 0 aromatic heterocycles. The van der Waals surface area contributed by atoms with Crippen molar-refractivity contribution in [1.29, 1.82) is 0 Å². The molecule has 0 saturated carbocycles. The van der Waals surface area contributed by atoms with Crippen molar-refractivity contribution in [2.45, 2.75) is 6.54 Å². The molecule has 2 N–H and O–H groups in total. The Bertz CT molecular complexity index is 496. The minimum atomic E-state index is -1.16. The van der Waals surface area contributed by atoms with E-state index in [1.54, 1.807) is 6.07 Å². The smallest absolute Gasteiger partial charge is 0.428 e. The molecule has 1 amide bonds. The van der Waals surface area contributed by atoms with Crippen molar-refractivity contribution in [1.82, 2.24) is 5.01 Å². The first-order chi connectivity index (χ1) is 7.58. The summed E-state index contributed by atoms with van der Waals surface area (Å²) in [5, 5.41) is 22.1. The monoisotopic (exact) mass is 220 g/mol. The topological polar surface area (TPSA) is 90.2 Å². The lowest BCUT2D eigenvalue weighted by atomic mass is 10.0. The molecule has 1 heterocycles. The molecular formula is C10H8N2O4. The largest absolute Gasteiger partial charge is 0.478 e. The minimum Gasteiger partial charge on any atom is -0.478 e. The number of aromatic carboxylic acids is 1. The number of carbonyl (C=O) groups is 2. The van der Waals surface area contributed by atoms with Crippen LogP contribution in [0.5, 0.6) is 0 Å². The van der Waals surface area contributed by atoms with Gasteiger partial charge in [-0.3, -0.25) is 0 Å². The molecule has 0 saturated heterocycles. The quantitative estimate of drug-likeness (QED) is 0.744. The van der Waals surface area contributed by atoms with Crippen LogP contribution in [0.4, 0.5) is 4.79 Å². The number of rotatable bonds is 1. The van der Waals surface area contributed by atoms with Gasteiger partial charge in [0.05, 0.1) is 18.3 Å². The lowest BCUT2D eigenvalue weighted by molar-refractivity contribution is 0.0696. The number of hydrogen-bond donors (Lipinski definition) is 2. The van der Waals surface area contributed by atoms with E-state index >= 15 is 0 Å². The number of fused-ring (bicyclic) bond motifs is 1. The first kappa shape index (κ1) is 10.2. The van der Waals surface area contributed by atoms with Crippen molar-refractivity contribution in [3.8, 4) is 0 Å². The molecular weight excluding hydrogens is 212 g/mol. The van der Waals surface area contributed by atoms with Gasteiger partial charge in [-0.05, 0) is 23.3 Å². The van der Waals surface area contributed by atoms with E-state index in [1.807, 2.05) is 0 Å². The zero-order chi connectivity index (χ0) is 11.7. The summed E-state index contributed by atoms with van der Waals surface area (Å²) in [7, 11) is 0. The summed E-state index contributed by atoms with van der Waals surface area (Å²) in [6, 6.07) is 4.53. The highest BCUT2D eigenvalue weighted by Gasteiger charge is 2.18. The highest BCUT2D eigenvalue weighted by Crippen LogP contribution is 2.17. The lowest BCUT2D eigenvalue weighted by Crippen LogP contribution is -2.27. The van der Waals surface area contributed by atoms with Crippen LogP contribution in [-0.4, -0.2) is 33.5 Å². The summed E-state index contributed by atoms with van der Waals surface area (Å²) >= 11 is 0. The van der Waals surface area contributed by atoms with Crippen LogP contribution in [0, 0.1) is 0 Å². The normalized spacial score (nSPS) is 13.4. The molecule has 1 aliphatic rings. The molecule has 0 radical (unpaired) electrons. The molecule has 16 heavy (non-hydrogen) atoms. The highest BCUT2D eigenvalue weighted by molar-refractivity contribution is 5.91. The molecule has 6 heteroatoms. The van der Waals surface area contributed by atoms with E-state index in [2.05, 4.69) is 5.10 Å². The molecule has 0 fully saturated rings. The predicted octanol–water partition coefficient (Wildman–Crippen LogP) is 1.21. The molecule has 1 aromatic carbocycles. The van der Waals surface area contributed by atoms with Gasteiger partial charge in [0.25, 0.3) is 0 Å². The average Bonchev–Trinajstić information content (AvgIpc) is 2.27. The van der Waals surface area contributed by atoms with E-state index in [-0.39, 0.29) is 12.1 Å². The summed E-state index contributed by atoms with van der Waals surface area (Å²) in [4.78, 5) is 21.4. The van der Waals surface area contributed by atoms with Crippen LogP contribution in [0.1, 0.15) is 21.5 Å². The van der Waals surface area contributed by atoms with E-state index in [0.29, 0.717) is 5.56 Å². The molecule has 0 aliphatic carbocycles. The number of hydrogen-bond acceptors (Lipinski definition) is 3. The van der Waals surface area contributed by atoms with Gasteiger partial charge in [-0.25, -0.2) is 9.59 Å². The van der Waals surface area contributed by atoms with Crippen molar-refractivity contribution in [3.63, 3.8) is 0 Å². The van der Waals surface area contributed by atoms with Gasteiger partial charge in [0.1, 0.15) is 0 Å². The van der Waals surface area contributed by atoms with E-state index < -0.39 is 12.1 Å². The number of carboxylic acid groups (broad SMARTS) is 2. The van der Waals surface area contributed by atoms with Gasteiger partial charge in [-0.1, -0.05) is 6.07 Å². The third kappa shape index (κ3) is 1.72. The zero-order valence-corrected chi connectivity index (χ0v) is 8.12. The second-order valence-corrected chi connectivity index (χ2v) is 3.30. The predicted molar refractivity (Wildman–Crippen MR) is 54.6 cm³/mol. The number of carboxylic acids is 1. The Labute approximate surface area is 90.4 Å². The Morgan fingerprint density at radius 3 is 2.69 bits per heavy atom. The molecule has 1 aromatic rings. The Balaban J connectivity index is 2.38. The average molecular weight is 220 g/mol. The molecule has 1 aliphatic heterocycles. The fourth-order valence-electron chi connectivity index (χ4n) is 1.45. The van der Waals surface area contributed by atoms with Gasteiger partial charge in [-0.2, -0.15) is 10.1 Å². The van der Waals surface area contributed by atoms with Crippen LogP contribution in [0.25, 0.3) is 0 Å². The summed E-state index contributed by atoms with van der Waals surface area (Å²) in [6.07, 6.45) is 0.237. The van der Waals surface area contributed by atoms with Crippen LogP contribution >= 0.6 is 0 Å². The fourth-order valence-corrected chi connectivity index (χ4v) is 1.45. The fraction of sp³-hybridized carbons (Fsp3) is 0.100. The van der Waals surface area contributed by atoms with Crippen molar-refractivity contribution in [3.05, 3.63) is 34.9 Å². The summed E-state index contributed by atoms with van der Waals surface area (Å²) < 4.78 is 0. The van der Waals surface area contributed by atoms with Gasteiger partial charge in [0, 0.05) is 0 Å². The number of benzene rings is 1. The number of hydrazone groups is 1. The van der Waals surface area contributed by atoms with Crippen LogP contribution in [0.2, 0.25) is 0 Å². The molecule has 2 rings (SSSR count). The van der Waals surface area contributed by atoms with Gasteiger partial charge in [-0.15, -0.1) is 0 Å². The summed E-state index contributed by atoms with van der Waals surface area (Å²) in [6.45, 7) is 0.0717. The van der Waals surface area contributed by atoms with Crippen molar-refractivity contribution >= 4 is 18.3 Å². The second-order valence-electron chi connectivity index (χ2n) is 3.30. The highest BCUT2D eigenvalue weighted by atomic mass is 16.4. The van der Waals surface area contributed by atoms with Crippen molar-refractivity contribution < 1.29 is 19.8 Å². The standard InChI is InChI=1S/C10H8N2O4/c13-9(14)6-1-2-7-4-11-12(10(15)16)5-8(7)3-6/h1-4H,5H2,(H,13,14)(H,15,16). The summed E-state index contributed by atoms with van der Waals surface area (Å²) in [5.41, 5.74) is 1.51. The maximum absolute atomic E-state index is 10.7. The van der Waals surface area contributed by atoms with E-state index in [1.165, 1.54) is 18.3 Å². The van der Waals surface area contributed by atoms with Gasteiger partial charge in [0.15, 0.2) is 0 Å². The molecule has 6 nitrogen and oxygen atoms in total. The summed E-state index contributed by atoms with van der Waals surface area (Å²) in [5.74, 6) is -1.04. The van der Waals surface area contributed by atoms with Gasteiger partial charge < -0.3 is 10.2 Å². The van der Waals surface area contributed by atoms with Crippen molar-refractivity contribution in [2.24, 2.45) is 5.10 Å². The third-order valence-electron chi connectivity index (χ3n) is 2.27. The first-order valence-electron chi connectivity index (χ1n) is 4.48. The van der Waals surface area contributed by atoms with Crippen LogP contribution in [-0.2, 0) is 6.54 Å². The van der Waals surface area contributed by atoms with Gasteiger partial charge >= 0.3 is 12.1 Å². The SMILES string of the molecule is O=C(O)c1ccc2c(c1)CN(C(=O)O)N=C2. The first-order valence-corrected chi connectivity index (χ1v) is 4.48. The molecule has 82 valence electrons. The Kier molecular flexibility index (Phi) is 2.32. The van der Waals surface area contributed by atoms with Crippen LogP contribution in [0.3, 0.4) is 0 Å². The third-order valence-corrected chi connectivity index (χ3v) is 2.27. The Morgan fingerprint density at radius 2 is 2.06 bits per heavy atom. The molecule has 0 bridgehead atoms. The number of amides is 1. The minimum absolute atomic E-state index is 0.0717. The Morgan fingerprint density at radius 1 is 1.31 bits per heavy atom. The molecule has 0 atom stereocenters. The second kappa shape index (κ2) is 3.65. The maximum atomic E-state index is 10.7.